The zero-order valence-electron chi connectivity index (χ0n) is 13.7. The van der Waals surface area contributed by atoms with E-state index in [1.54, 1.807) is 0 Å². The van der Waals surface area contributed by atoms with Crippen LogP contribution in [0.1, 0.15) is 33.6 Å². The Hall–Kier alpha value is -0.0800. The molecule has 1 atom stereocenters. The minimum Gasteiger partial charge on any atom is -0.375 e. The Balaban J connectivity index is 0.00000220. The summed E-state index contributed by atoms with van der Waals surface area (Å²) in [6.07, 6.45) is 2.93. The molecule has 6 heteroatoms. The van der Waals surface area contributed by atoms with E-state index in [9.17, 15) is 0 Å². The topological polar surface area (TPSA) is 54.1 Å². The lowest BCUT2D eigenvalue weighted by Gasteiger charge is -2.33. The Morgan fingerprint density at radius 3 is 2.57 bits per heavy atom. The summed E-state index contributed by atoms with van der Waals surface area (Å²) >= 11 is 0. The molecule has 21 heavy (non-hydrogen) atoms. The highest BCUT2D eigenvalue weighted by Gasteiger charge is 2.24. The van der Waals surface area contributed by atoms with Gasteiger partial charge in [-0.2, -0.15) is 0 Å². The standard InChI is InChI=1S/C15H30N4O.HI/c1-13-10-19(8-9-20-13)14(16)17-11-15(2,3)12-18-6-4-5-7-18;/h13H,4-12H2,1-3H3,(H2,16,17);1H. The third-order valence-electron chi connectivity index (χ3n) is 4.08. The number of hydrogen-bond acceptors (Lipinski definition) is 3. The van der Waals surface area contributed by atoms with Crippen molar-refractivity contribution in [2.75, 3.05) is 45.9 Å². The maximum Gasteiger partial charge on any atom is 0.191 e. The smallest absolute Gasteiger partial charge is 0.191 e. The summed E-state index contributed by atoms with van der Waals surface area (Å²) in [7, 11) is 0. The predicted octanol–water partition coefficient (Wildman–Crippen LogP) is 1.76. The van der Waals surface area contributed by atoms with E-state index < -0.39 is 0 Å². The van der Waals surface area contributed by atoms with Gasteiger partial charge in [0.1, 0.15) is 0 Å². The Bertz CT molecular complexity index is 343. The van der Waals surface area contributed by atoms with Crippen LogP contribution in [0.25, 0.3) is 0 Å². The summed E-state index contributed by atoms with van der Waals surface area (Å²) < 4.78 is 5.53. The quantitative estimate of drug-likeness (QED) is 0.436. The molecule has 0 aromatic heterocycles. The molecule has 0 spiro atoms. The summed E-state index contributed by atoms with van der Waals surface area (Å²) in [5.74, 6) is 0.676. The van der Waals surface area contributed by atoms with Crippen molar-refractivity contribution in [1.82, 2.24) is 9.80 Å². The fraction of sp³-hybridized carbons (Fsp3) is 0.933. The lowest BCUT2D eigenvalue weighted by atomic mass is 9.93. The van der Waals surface area contributed by atoms with Gasteiger partial charge in [-0.15, -0.1) is 24.0 Å². The summed E-state index contributed by atoms with van der Waals surface area (Å²) in [4.78, 5) is 9.32. The van der Waals surface area contributed by atoms with Gasteiger partial charge < -0.3 is 20.3 Å². The van der Waals surface area contributed by atoms with E-state index in [1.165, 1.54) is 25.9 Å². The second-order valence-corrected chi connectivity index (χ2v) is 6.95. The largest absolute Gasteiger partial charge is 0.375 e. The SMILES string of the molecule is CC1CN(C(N)=NCC(C)(C)CN2CCCC2)CCO1.I. The predicted molar refractivity (Wildman–Crippen MR) is 98.3 cm³/mol. The second kappa shape index (κ2) is 8.53. The average molecular weight is 410 g/mol. The summed E-state index contributed by atoms with van der Waals surface area (Å²) in [5.41, 5.74) is 6.32. The number of rotatable bonds is 4. The van der Waals surface area contributed by atoms with Gasteiger partial charge in [0, 0.05) is 26.2 Å². The summed E-state index contributed by atoms with van der Waals surface area (Å²) in [6.45, 7) is 13.5. The first-order valence-corrected chi connectivity index (χ1v) is 7.85. The van der Waals surface area contributed by atoms with Crippen LogP contribution in [0.5, 0.6) is 0 Å². The van der Waals surface area contributed by atoms with Crippen molar-refractivity contribution in [3.05, 3.63) is 0 Å². The monoisotopic (exact) mass is 410 g/mol. The Morgan fingerprint density at radius 1 is 1.29 bits per heavy atom. The van der Waals surface area contributed by atoms with Crippen LogP contribution >= 0.6 is 24.0 Å². The third kappa shape index (κ3) is 6.28. The molecule has 2 aliphatic heterocycles. The molecule has 0 aliphatic carbocycles. The second-order valence-electron chi connectivity index (χ2n) is 6.95. The molecule has 2 fully saturated rings. The Morgan fingerprint density at radius 2 is 1.95 bits per heavy atom. The van der Waals surface area contributed by atoms with Crippen LogP contribution in [0, 0.1) is 5.41 Å². The van der Waals surface area contributed by atoms with Crippen LogP contribution in [0.2, 0.25) is 0 Å². The van der Waals surface area contributed by atoms with Crippen LogP contribution in [-0.4, -0.2) is 67.7 Å². The molecule has 1 unspecified atom stereocenters. The van der Waals surface area contributed by atoms with Crippen molar-refractivity contribution < 1.29 is 4.74 Å². The number of ether oxygens (including phenoxy) is 1. The molecular formula is C15H31IN4O. The van der Waals surface area contributed by atoms with E-state index >= 15 is 0 Å². The van der Waals surface area contributed by atoms with E-state index in [-0.39, 0.29) is 35.5 Å². The molecule has 0 bridgehead atoms. The van der Waals surface area contributed by atoms with Gasteiger partial charge in [0.2, 0.25) is 0 Å². The number of nitrogens with two attached hydrogens (primary N) is 1. The third-order valence-corrected chi connectivity index (χ3v) is 4.08. The normalized spacial score (nSPS) is 25.0. The minimum absolute atomic E-state index is 0. The highest BCUT2D eigenvalue weighted by Crippen LogP contribution is 2.20. The molecule has 2 heterocycles. The summed E-state index contributed by atoms with van der Waals surface area (Å²) in [6, 6.07) is 0. The van der Waals surface area contributed by atoms with Crippen molar-refractivity contribution in [3.63, 3.8) is 0 Å². The van der Waals surface area contributed by atoms with E-state index in [2.05, 4.69) is 35.6 Å². The van der Waals surface area contributed by atoms with Crippen molar-refractivity contribution in [3.8, 4) is 0 Å². The van der Waals surface area contributed by atoms with E-state index in [4.69, 9.17) is 10.5 Å². The number of guanidine groups is 1. The van der Waals surface area contributed by atoms with Crippen LogP contribution in [0.3, 0.4) is 0 Å². The fourth-order valence-electron chi connectivity index (χ4n) is 3.02. The highest BCUT2D eigenvalue weighted by molar-refractivity contribution is 14.0. The zero-order valence-corrected chi connectivity index (χ0v) is 16.0. The number of likely N-dealkylation sites (tertiary alicyclic amines) is 1. The lowest BCUT2D eigenvalue weighted by Crippen LogP contribution is -2.48. The van der Waals surface area contributed by atoms with Gasteiger partial charge >= 0.3 is 0 Å². The van der Waals surface area contributed by atoms with Crippen LogP contribution in [0.15, 0.2) is 4.99 Å². The first kappa shape index (κ1) is 19.0. The van der Waals surface area contributed by atoms with Gasteiger partial charge in [-0.3, -0.25) is 4.99 Å². The molecule has 0 radical (unpaired) electrons. The van der Waals surface area contributed by atoms with Gasteiger partial charge in [-0.05, 0) is 38.3 Å². The molecule has 0 aromatic carbocycles. The number of halogens is 1. The van der Waals surface area contributed by atoms with Gasteiger partial charge in [-0.1, -0.05) is 13.8 Å². The molecule has 0 aromatic rings. The Kier molecular flexibility index (Phi) is 7.70. The van der Waals surface area contributed by atoms with Gasteiger partial charge in [0.25, 0.3) is 0 Å². The van der Waals surface area contributed by atoms with Crippen LogP contribution in [0.4, 0.5) is 0 Å². The van der Waals surface area contributed by atoms with Crippen LogP contribution < -0.4 is 5.73 Å². The maximum atomic E-state index is 6.13. The van der Waals surface area contributed by atoms with Gasteiger partial charge in [0.15, 0.2) is 5.96 Å². The number of nitrogens with zero attached hydrogens (tertiary/aromatic N) is 3. The molecule has 124 valence electrons. The first-order chi connectivity index (χ1) is 9.46. The van der Waals surface area contributed by atoms with Crippen molar-refractivity contribution in [2.45, 2.75) is 39.7 Å². The van der Waals surface area contributed by atoms with E-state index in [0.717, 1.165) is 32.8 Å². The molecule has 2 aliphatic rings. The molecule has 5 nitrogen and oxygen atoms in total. The molecule has 0 amide bonds. The van der Waals surface area contributed by atoms with Crippen molar-refractivity contribution in [1.29, 1.82) is 0 Å². The maximum absolute atomic E-state index is 6.13. The molecule has 2 saturated heterocycles. The average Bonchev–Trinajstić information content (AvgIpc) is 2.88. The van der Waals surface area contributed by atoms with Crippen molar-refractivity contribution >= 4 is 29.9 Å². The highest BCUT2D eigenvalue weighted by atomic mass is 127. The molecule has 0 saturated carbocycles. The van der Waals surface area contributed by atoms with Crippen molar-refractivity contribution in [2.24, 2.45) is 16.1 Å². The molecule has 2 rings (SSSR count). The van der Waals surface area contributed by atoms with E-state index in [1.807, 2.05) is 0 Å². The number of aliphatic imine (C=N–C) groups is 1. The number of hydrogen-bond donors (Lipinski definition) is 1. The van der Waals surface area contributed by atoms with Gasteiger partial charge in [-0.25, -0.2) is 0 Å². The lowest BCUT2D eigenvalue weighted by molar-refractivity contribution is 0.00523. The zero-order chi connectivity index (χ0) is 14.6. The Labute approximate surface area is 146 Å². The van der Waals surface area contributed by atoms with Crippen LogP contribution in [-0.2, 0) is 4.74 Å². The summed E-state index contributed by atoms with van der Waals surface area (Å²) in [5, 5.41) is 0. The molecule has 2 N–H and O–H groups in total. The first-order valence-electron chi connectivity index (χ1n) is 7.85. The van der Waals surface area contributed by atoms with Gasteiger partial charge in [0.05, 0.1) is 12.7 Å². The fourth-order valence-corrected chi connectivity index (χ4v) is 3.02. The number of morpholine rings is 1. The minimum atomic E-state index is 0. The van der Waals surface area contributed by atoms with E-state index in [0.29, 0.717) is 5.96 Å². The molecular weight excluding hydrogens is 379 g/mol.